The molecule has 52 valence electrons. The molecule has 0 aromatic heterocycles. The molecule has 9 heavy (non-hydrogen) atoms. The molecule has 0 bridgehead atoms. The maximum atomic E-state index is 9.88. The average Bonchev–Trinajstić information content (AvgIpc) is 1.80. The van der Waals surface area contributed by atoms with Gasteiger partial charge < -0.3 is 5.11 Å². The Kier molecular flexibility index (Phi) is 5.76. The molecule has 0 aliphatic heterocycles. The van der Waals surface area contributed by atoms with E-state index in [9.17, 15) is 4.79 Å². The van der Waals surface area contributed by atoms with Crippen LogP contribution in [-0.4, -0.2) is 22.6 Å². The second-order valence-corrected chi connectivity index (χ2v) is 2.54. The minimum absolute atomic E-state index is 0.147. The number of hydrogen-bond acceptors (Lipinski definition) is 2. The monoisotopic (exact) mass is 147 g/mol. The molecule has 0 aliphatic rings. The van der Waals surface area contributed by atoms with E-state index >= 15 is 0 Å². The summed E-state index contributed by atoms with van der Waals surface area (Å²) in [6.45, 7) is 1.29. The first kappa shape index (κ1) is 8.78. The Balaban J connectivity index is 2.83. The van der Waals surface area contributed by atoms with Gasteiger partial charge in [-0.2, -0.15) is 11.8 Å². The Bertz CT molecular complexity index is 87.0. The molecule has 0 rings (SSSR count). The van der Waals surface area contributed by atoms with Gasteiger partial charge in [0.05, 0.1) is 5.75 Å². The Morgan fingerprint density at radius 3 is 2.89 bits per heavy atom. The van der Waals surface area contributed by atoms with E-state index in [4.69, 9.17) is 10.8 Å². The fourth-order valence-corrected chi connectivity index (χ4v) is 0.905. The molecular formula is C5H9NO2S. The first-order chi connectivity index (χ1) is 4.27. The zero-order valence-corrected chi connectivity index (χ0v) is 5.78. The van der Waals surface area contributed by atoms with Crippen molar-refractivity contribution in [1.29, 1.82) is 0 Å². The van der Waals surface area contributed by atoms with E-state index in [2.05, 4.69) is 0 Å². The van der Waals surface area contributed by atoms with Crippen molar-refractivity contribution in [3.63, 3.8) is 0 Å². The molecule has 2 radical (unpaired) electrons. The van der Waals surface area contributed by atoms with Crippen LogP contribution in [0, 0.1) is 6.54 Å². The fraction of sp³-hybridized carbons (Fsp3) is 0.600. The summed E-state index contributed by atoms with van der Waals surface area (Å²) in [5.74, 6) is 0.0916. The predicted molar refractivity (Wildman–Crippen MR) is 37.0 cm³/mol. The minimum atomic E-state index is -0.787. The van der Waals surface area contributed by atoms with E-state index in [0.717, 1.165) is 5.75 Å². The SMILES string of the molecule is [NH][CH]CCSCC(=O)O. The fourth-order valence-electron chi connectivity index (χ4n) is 0.302. The van der Waals surface area contributed by atoms with Gasteiger partial charge in [0, 0.05) is 6.54 Å². The first-order valence-corrected chi connectivity index (χ1v) is 3.71. The normalized spacial score (nSPS) is 9.44. The summed E-state index contributed by atoms with van der Waals surface area (Å²) in [5.41, 5.74) is 6.60. The molecule has 0 aromatic carbocycles. The maximum Gasteiger partial charge on any atom is 0.313 e. The molecule has 0 atom stereocenters. The molecule has 3 nitrogen and oxygen atoms in total. The molecule has 4 heteroatoms. The third kappa shape index (κ3) is 7.78. The molecule has 0 saturated heterocycles. The highest BCUT2D eigenvalue weighted by Gasteiger charge is 1.94. The highest BCUT2D eigenvalue weighted by atomic mass is 32.2. The lowest BCUT2D eigenvalue weighted by Crippen LogP contribution is -1.98. The van der Waals surface area contributed by atoms with Crippen molar-refractivity contribution >= 4 is 17.7 Å². The Morgan fingerprint density at radius 1 is 1.78 bits per heavy atom. The molecule has 0 spiro atoms. The lowest BCUT2D eigenvalue weighted by atomic mass is 10.5. The topological polar surface area (TPSA) is 61.1 Å². The van der Waals surface area contributed by atoms with Crippen molar-refractivity contribution in [2.75, 3.05) is 11.5 Å². The van der Waals surface area contributed by atoms with Crippen LogP contribution in [0.25, 0.3) is 0 Å². The van der Waals surface area contributed by atoms with Crippen LogP contribution in [0.2, 0.25) is 0 Å². The molecule has 0 heterocycles. The second kappa shape index (κ2) is 5.91. The average molecular weight is 147 g/mol. The van der Waals surface area contributed by atoms with Crippen molar-refractivity contribution in [2.24, 2.45) is 0 Å². The van der Waals surface area contributed by atoms with Crippen LogP contribution < -0.4 is 5.73 Å². The summed E-state index contributed by atoms with van der Waals surface area (Å²) >= 11 is 1.34. The molecule has 2 N–H and O–H groups in total. The number of carbonyl (C=O) groups is 1. The number of thioether (sulfide) groups is 1. The van der Waals surface area contributed by atoms with Gasteiger partial charge in [-0.15, -0.1) is 0 Å². The zero-order chi connectivity index (χ0) is 7.11. The van der Waals surface area contributed by atoms with Crippen LogP contribution in [-0.2, 0) is 4.79 Å². The quantitative estimate of drug-likeness (QED) is 0.580. The van der Waals surface area contributed by atoms with E-state index in [0.29, 0.717) is 6.42 Å². The summed E-state index contributed by atoms with van der Waals surface area (Å²) in [4.78, 5) is 9.88. The Morgan fingerprint density at radius 2 is 2.44 bits per heavy atom. The number of hydrogen-bond donors (Lipinski definition) is 1. The zero-order valence-electron chi connectivity index (χ0n) is 4.96. The maximum absolute atomic E-state index is 9.88. The molecule has 0 unspecified atom stereocenters. The lowest BCUT2D eigenvalue weighted by Gasteiger charge is -1.92. The van der Waals surface area contributed by atoms with E-state index in [1.165, 1.54) is 18.3 Å². The van der Waals surface area contributed by atoms with E-state index in [1.807, 2.05) is 0 Å². The van der Waals surface area contributed by atoms with Crippen LogP contribution in [0.4, 0.5) is 0 Å². The van der Waals surface area contributed by atoms with Crippen molar-refractivity contribution in [2.45, 2.75) is 6.42 Å². The molecule has 0 saturated carbocycles. The van der Waals surface area contributed by atoms with Crippen molar-refractivity contribution in [3.05, 3.63) is 6.54 Å². The van der Waals surface area contributed by atoms with Crippen molar-refractivity contribution < 1.29 is 9.90 Å². The number of carboxylic acid groups (broad SMARTS) is 1. The van der Waals surface area contributed by atoms with Gasteiger partial charge in [0.15, 0.2) is 0 Å². The molecule has 0 fully saturated rings. The van der Waals surface area contributed by atoms with Crippen LogP contribution >= 0.6 is 11.8 Å². The second-order valence-electron chi connectivity index (χ2n) is 1.44. The molecule has 0 amide bonds. The number of rotatable bonds is 5. The van der Waals surface area contributed by atoms with Gasteiger partial charge in [-0.1, -0.05) is 0 Å². The van der Waals surface area contributed by atoms with Gasteiger partial charge in [0.1, 0.15) is 0 Å². The molecular weight excluding hydrogens is 138 g/mol. The summed E-state index contributed by atoms with van der Waals surface area (Å²) in [6.07, 6.45) is 0.665. The van der Waals surface area contributed by atoms with Crippen LogP contribution in [0.1, 0.15) is 6.42 Å². The highest BCUT2D eigenvalue weighted by molar-refractivity contribution is 7.99. The van der Waals surface area contributed by atoms with E-state index < -0.39 is 5.97 Å². The summed E-state index contributed by atoms with van der Waals surface area (Å²) in [7, 11) is 0. The smallest absolute Gasteiger partial charge is 0.313 e. The molecule has 0 aliphatic carbocycles. The first-order valence-electron chi connectivity index (χ1n) is 2.56. The standard InChI is InChI=1S/C5H9NO2S/c6-2-1-3-9-4-5(7)8/h2,6H,1,3-4H2,(H,7,8). The van der Waals surface area contributed by atoms with E-state index in [-0.39, 0.29) is 5.75 Å². The van der Waals surface area contributed by atoms with Gasteiger partial charge in [-0.05, 0) is 12.2 Å². The number of nitrogens with one attached hydrogen (secondary N) is 1. The summed E-state index contributed by atoms with van der Waals surface area (Å²) in [6, 6.07) is 0. The largest absolute Gasteiger partial charge is 0.481 e. The van der Waals surface area contributed by atoms with Crippen molar-refractivity contribution in [3.8, 4) is 0 Å². The minimum Gasteiger partial charge on any atom is -0.481 e. The van der Waals surface area contributed by atoms with Crippen LogP contribution in [0.15, 0.2) is 0 Å². The van der Waals surface area contributed by atoms with Crippen LogP contribution in [0.5, 0.6) is 0 Å². The summed E-state index contributed by atoms with van der Waals surface area (Å²) < 4.78 is 0. The van der Waals surface area contributed by atoms with E-state index in [1.54, 1.807) is 0 Å². The number of carboxylic acids is 1. The third-order valence-corrected chi connectivity index (χ3v) is 1.61. The predicted octanol–water partition coefficient (Wildman–Crippen LogP) is 0.639. The third-order valence-electron chi connectivity index (χ3n) is 0.632. The number of aliphatic carboxylic acids is 1. The summed E-state index contributed by atoms with van der Waals surface area (Å²) in [5, 5.41) is 8.13. The van der Waals surface area contributed by atoms with Gasteiger partial charge in [-0.25, -0.2) is 0 Å². The van der Waals surface area contributed by atoms with Gasteiger partial charge >= 0.3 is 5.97 Å². The van der Waals surface area contributed by atoms with Gasteiger partial charge in [0.2, 0.25) is 0 Å². The van der Waals surface area contributed by atoms with Crippen molar-refractivity contribution in [1.82, 2.24) is 5.73 Å². The van der Waals surface area contributed by atoms with Gasteiger partial charge in [0.25, 0.3) is 0 Å². The van der Waals surface area contributed by atoms with Crippen LogP contribution in [0.3, 0.4) is 0 Å². The lowest BCUT2D eigenvalue weighted by molar-refractivity contribution is -0.133. The van der Waals surface area contributed by atoms with Gasteiger partial charge in [-0.3, -0.25) is 10.5 Å². The highest BCUT2D eigenvalue weighted by Crippen LogP contribution is 2.01. The molecule has 0 aromatic rings. The Labute approximate surface area is 58.6 Å². The Hall–Kier alpha value is -0.220.